The molecule has 0 aliphatic rings. The lowest BCUT2D eigenvalue weighted by atomic mass is 10.0. The molecule has 0 bridgehead atoms. The minimum Gasteiger partial charge on any atom is -0.233 e. The molecule has 0 fully saturated rings. The van der Waals surface area contributed by atoms with Crippen LogP contribution >= 0.6 is 22.7 Å². The zero-order valence-corrected chi connectivity index (χ0v) is 17.9. The Kier molecular flexibility index (Phi) is 4.70. The zero-order chi connectivity index (χ0) is 19.1. The first-order chi connectivity index (χ1) is 12.9. The summed E-state index contributed by atoms with van der Waals surface area (Å²) in [6.45, 7) is 10.7. The van der Waals surface area contributed by atoms with Gasteiger partial charge in [0.25, 0.3) is 0 Å². The van der Waals surface area contributed by atoms with Gasteiger partial charge < -0.3 is 0 Å². The molecule has 2 aromatic heterocycles. The predicted molar refractivity (Wildman–Crippen MR) is 118 cm³/mol. The molecule has 2 heterocycles. The molecule has 2 aromatic carbocycles. The Labute approximate surface area is 168 Å². The Hall–Kier alpha value is -2.30. The van der Waals surface area contributed by atoms with Gasteiger partial charge in [0.2, 0.25) is 0 Å². The molecule has 2 nitrogen and oxygen atoms in total. The maximum atomic E-state index is 4.93. The first-order valence-electron chi connectivity index (χ1n) is 9.01. The maximum absolute atomic E-state index is 4.93. The number of benzene rings is 2. The van der Waals surface area contributed by atoms with E-state index in [2.05, 4.69) is 76.4 Å². The van der Waals surface area contributed by atoms with Crippen molar-refractivity contribution >= 4 is 22.7 Å². The van der Waals surface area contributed by atoms with Gasteiger partial charge in [-0.3, -0.25) is 0 Å². The largest absolute Gasteiger partial charge is 0.233 e. The van der Waals surface area contributed by atoms with E-state index in [0.29, 0.717) is 0 Å². The summed E-state index contributed by atoms with van der Waals surface area (Å²) in [5.41, 5.74) is 9.66. The molecule has 4 aromatic rings. The Balaban J connectivity index is 1.70. The summed E-state index contributed by atoms with van der Waals surface area (Å²) in [6.07, 6.45) is 0. The molecular formula is C23H22N2S2. The minimum absolute atomic E-state index is 0.992. The fraction of sp³-hybridized carbons (Fsp3) is 0.217. The fourth-order valence-corrected chi connectivity index (χ4v) is 4.85. The van der Waals surface area contributed by atoms with E-state index in [-0.39, 0.29) is 0 Å². The second-order valence-electron chi connectivity index (χ2n) is 7.06. The van der Waals surface area contributed by atoms with E-state index in [4.69, 9.17) is 9.97 Å². The van der Waals surface area contributed by atoms with Gasteiger partial charge >= 0.3 is 0 Å². The van der Waals surface area contributed by atoms with Gasteiger partial charge in [0.05, 0.1) is 11.4 Å². The van der Waals surface area contributed by atoms with Crippen LogP contribution in [0.15, 0.2) is 41.8 Å². The van der Waals surface area contributed by atoms with E-state index in [1.165, 1.54) is 38.3 Å². The van der Waals surface area contributed by atoms with E-state index in [1.807, 2.05) is 0 Å². The van der Waals surface area contributed by atoms with Crippen molar-refractivity contribution in [2.24, 2.45) is 0 Å². The molecule has 0 aliphatic heterocycles. The highest BCUT2D eigenvalue weighted by molar-refractivity contribution is 7.21. The van der Waals surface area contributed by atoms with Gasteiger partial charge in [0.15, 0.2) is 10.0 Å². The van der Waals surface area contributed by atoms with Crippen molar-refractivity contribution in [1.82, 2.24) is 9.97 Å². The van der Waals surface area contributed by atoms with Crippen molar-refractivity contribution in [3.05, 3.63) is 68.9 Å². The SMILES string of the molecule is Cc1ccc(-c2csc(-c3nc(-c4ccc(C)c(C)c4)c(C)s3)n2)cc1C. The Bertz CT molecular complexity index is 1140. The number of aromatic nitrogens is 2. The molecule has 0 N–H and O–H groups in total. The monoisotopic (exact) mass is 390 g/mol. The van der Waals surface area contributed by atoms with Crippen molar-refractivity contribution in [1.29, 1.82) is 0 Å². The van der Waals surface area contributed by atoms with Gasteiger partial charge in [-0.1, -0.05) is 24.3 Å². The van der Waals surface area contributed by atoms with Gasteiger partial charge in [0, 0.05) is 21.4 Å². The smallest absolute Gasteiger partial charge is 0.153 e. The lowest BCUT2D eigenvalue weighted by Crippen LogP contribution is -1.86. The lowest BCUT2D eigenvalue weighted by Gasteiger charge is -2.03. The lowest BCUT2D eigenvalue weighted by molar-refractivity contribution is 1.30. The van der Waals surface area contributed by atoms with Crippen LogP contribution in [0.2, 0.25) is 0 Å². The van der Waals surface area contributed by atoms with Crippen molar-refractivity contribution in [2.75, 3.05) is 0 Å². The molecule has 4 heteroatoms. The van der Waals surface area contributed by atoms with Gasteiger partial charge in [-0.2, -0.15) is 0 Å². The van der Waals surface area contributed by atoms with Crippen LogP contribution in [0.5, 0.6) is 0 Å². The van der Waals surface area contributed by atoms with Crippen LogP contribution in [0, 0.1) is 34.6 Å². The molecule has 0 saturated carbocycles. The predicted octanol–water partition coefficient (Wildman–Crippen LogP) is 7.14. The first-order valence-corrected chi connectivity index (χ1v) is 10.7. The summed E-state index contributed by atoms with van der Waals surface area (Å²) >= 11 is 3.39. The minimum atomic E-state index is 0.992. The van der Waals surface area contributed by atoms with Gasteiger partial charge in [-0.15, -0.1) is 22.7 Å². The topological polar surface area (TPSA) is 25.8 Å². The molecule has 4 rings (SSSR count). The van der Waals surface area contributed by atoms with Gasteiger partial charge in [-0.25, -0.2) is 9.97 Å². The zero-order valence-electron chi connectivity index (χ0n) is 16.3. The standard InChI is InChI=1S/C23H22N2S2/c1-13-6-8-18(10-15(13)3)20-12-26-22(24-20)23-25-21(17(5)27-23)19-9-7-14(2)16(4)11-19/h6-12H,1-5H3. The average molecular weight is 391 g/mol. The number of hydrogen-bond acceptors (Lipinski definition) is 4. The molecule has 136 valence electrons. The second-order valence-corrected chi connectivity index (χ2v) is 9.12. The fourth-order valence-electron chi connectivity index (χ4n) is 3.05. The van der Waals surface area contributed by atoms with Crippen molar-refractivity contribution in [2.45, 2.75) is 34.6 Å². The van der Waals surface area contributed by atoms with Gasteiger partial charge in [-0.05, 0) is 69.0 Å². The highest BCUT2D eigenvalue weighted by Crippen LogP contribution is 2.36. The third-order valence-corrected chi connectivity index (χ3v) is 7.02. The van der Waals surface area contributed by atoms with E-state index in [1.54, 1.807) is 22.7 Å². The van der Waals surface area contributed by atoms with Crippen LogP contribution in [0.25, 0.3) is 32.5 Å². The van der Waals surface area contributed by atoms with E-state index >= 15 is 0 Å². The molecule has 0 atom stereocenters. The van der Waals surface area contributed by atoms with Crippen LogP contribution in [-0.2, 0) is 0 Å². The van der Waals surface area contributed by atoms with Crippen molar-refractivity contribution < 1.29 is 0 Å². The number of thiazole rings is 2. The third-order valence-electron chi connectivity index (χ3n) is 5.07. The Morgan fingerprint density at radius 1 is 0.667 bits per heavy atom. The quantitative estimate of drug-likeness (QED) is 0.371. The molecule has 27 heavy (non-hydrogen) atoms. The highest BCUT2D eigenvalue weighted by Gasteiger charge is 2.15. The summed E-state index contributed by atoms with van der Waals surface area (Å²) in [4.78, 5) is 11.0. The van der Waals surface area contributed by atoms with Crippen LogP contribution < -0.4 is 0 Å². The number of hydrogen-bond donors (Lipinski definition) is 0. The molecule has 0 aliphatic carbocycles. The Morgan fingerprint density at radius 2 is 1.30 bits per heavy atom. The molecule has 0 radical (unpaired) electrons. The summed E-state index contributed by atoms with van der Waals surface area (Å²) in [6, 6.07) is 13.1. The molecule has 0 spiro atoms. The van der Waals surface area contributed by atoms with Crippen LogP contribution in [-0.4, -0.2) is 9.97 Å². The molecule has 0 unspecified atom stereocenters. The van der Waals surface area contributed by atoms with Crippen molar-refractivity contribution in [3.8, 4) is 32.5 Å². The number of aryl methyl sites for hydroxylation is 5. The summed E-state index contributed by atoms with van der Waals surface area (Å²) in [5.74, 6) is 0. The molecule has 0 amide bonds. The first kappa shape index (κ1) is 18.1. The number of nitrogens with zero attached hydrogens (tertiary/aromatic N) is 2. The van der Waals surface area contributed by atoms with Crippen molar-refractivity contribution in [3.63, 3.8) is 0 Å². The summed E-state index contributed by atoms with van der Waals surface area (Å²) in [5, 5.41) is 4.12. The highest BCUT2D eigenvalue weighted by atomic mass is 32.1. The van der Waals surface area contributed by atoms with E-state index < -0.39 is 0 Å². The summed E-state index contributed by atoms with van der Waals surface area (Å²) in [7, 11) is 0. The van der Waals surface area contributed by atoms with Crippen LogP contribution in [0.1, 0.15) is 27.1 Å². The Morgan fingerprint density at radius 3 is 1.96 bits per heavy atom. The average Bonchev–Trinajstić information content (AvgIpc) is 3.27. The van der Waals surface area contributed by atoms with Crippen LogP contribution in [0.4, 0.5) is 0 Å². The van der Waals surface area contributed by atoms with E-state index in [0.717, 1.165) is 21.4 Å². The molecule has 0 saturated heterocycles. The molecular weight excluding hydrogens is 368 g/mol. The summed E-state index contributed by atoms with van der Waals surface area (Å²) < 4.78 is 0. The van der Waals surface area contributed by atoms with Crippen LogP contribution in [0.3, 0.4) is 0 Å². The van der Waals surface area contributed by atoms with E-state index in [9.17, 15) is 0 Å². The maximum Gasteiger partial charge on any atom is 0.153 e. The van der Waals surface area contributed by atoms with Gasteiger partial charge in [0.1, 0.15) is 0 Å². The number of rotatable bonds is 3. The third kappa shape index (κ3) is 3.47. The second kappa shape index (κ2) is 7.02. The normalized spacial score (nSPS) is 11.1.